The van der Waals surface area contributed by atoms with Crippen LogP contribution in [0.15, 0.2) is 23.2 Å². The topological polar surface area (TPSA) is 60.2 Å². The minimum Gasteiger partial charge on any atom is -0.353 e. The Morgan fingerprint density at radius 3 is 3.10 bits per heavy atom. The number of thioether (sulfide) groups is 1. The maximum absolute atomic E-state index is 13.7. The molecule has 0 bridgehead atoms. The Morgan fingerprint density at radius 1 is 1.57 bits per heavy atom. The summed E-state index contributed by atoms with van der Waals surface area (Å²) in [6.45, 7) is 0.306. The first-order valence-corrected chi connectivity index (χ1v) is 8.12. The van der Waals surface area contributed by atoms with Crippen LogP contribution in [-0.2, 0) is 6.54 Å². The summed E-state index contributed by atoms with van der Waals surface area (Å²) in [6, 6.07) is 6.79. The van der Waals surface area contributed by atoms with Gasteiger partial charge >= 0.3 is 0 Å². The first-order chi connectivity index (χ1) is 10.2. The molecule has 1 aliphatic heterocycles. The van der Waals surface area contributed by atoms with Crippen molar-refractivity contribution in [1.29, 1.82) is 5.26 Å². The largest absolute Gasteiger partial charge is 0.353 e. The molecule has 6 heteroatoms. The molecule has 1 unspecified atom stereocenters. The number of guanidine groups is 1. The van der Waals surface area contributed by atoms with Crippen molar-refractivity contribution in [2.45, 2.75) is 25.4 Å². The molecule has 21 heavy (non-hydrogen) atoms. The van der Waals surface area contributed by atoms with E-state index in [0.29, 0.717) is 29.7 Å². The second kappa shape index (κ2) is 7.89. The third kappa shape index (κ3) is 4.64. The average Bonchev–Trinajstić information content (AvgIpc) is 2.53. The zero-order chi connectivity index (χ0) is 15.1. The van der Waals surface area contributed by atoms with E-state index in [2.05, 4.69) is 15.6 Å². The number of hydrogen-bond donors (Lipinski definition) is 2. The molecule has 0 radical (unpaired) electrons. The van der Waals surface area contributed by atoms with Gasteiger partial charge in [0.05, 0.1) is 11.6 Å². The normalized spacial score (nSPS) is 18.9. The minimum absolute atomic E-state index is 0.306. The van der Waals surface area contributed by atoms with Crippen LogP contribution in [0.2, 0.25) is 0 Å². The molecule has 0 aliphatic carbocycles. The zero-order valence-corrected chi connectivity index (χ0v) is 12.8. The number of hydrogen-bond acceptors (Lipinski definition) is 3. The van der Waals surface area contributed by atoms with E-state index in [0.717, 1.165) is 12.2 Å². The molecule has 1 saturated heterocycles. The SMILES string of the molecule is CN=C(NCc1cc(C#N)ccc1F)NC1CCCSC1. The second-order valence-corrected chi connectivity index (χ2v) is 6.05. The summed E-state index contributed by atoms with van der Waals surface area (Å²) >= 11 is 1.94. The average molecular weight is 306 g/mol. The first-order valence-electron chi connectivity index (χ1n) is 6.96. The van der Waals surface area contributed by atoms with Crippen molar-refractivity contribution in [2.24, 2.45) is 4.99 Å². The van der Waals surface area contributed by atoms with Crippen molar-refractivity contribution in [2.75, 3.05) is 18.6 Å². The molecule has 4 nitrogen and oxygen atoms in total. The van der Waals surface area contributed by atoms with Gasteiger partial charge in [0.2, 0.25) is 0 Å². The van der Waals surface area contributed by atoms with Crippen molar-refractivity contribution < 1.29 is 4.39 Å². The van der Waals surface area contributed by atoms with Gasteiger partial charge in [-0.25, -0.2) is 4.39 Å². The van der Waals surface area contributed by atoms with Crippen LogP contribution in [0.25, 0.3) is 0 Å². The molecule has 1 heterocycles. The van der Waals surface area contributed by atoms with Crippen LogP contribution >= 0.6 is 11.8 Å². The van der Waals surface area contributed by atoms with Crippen molar-refractivity contribution in [1.82, 2.24) is 10.6 Å². The Balaban J connectivity index is 1.92. The maximum Gasteiger partial charge on any atom is 0.191 e. The first kappa shape index (κ1) is 15.6. The van der Waals surface area contributed by atoms with E-state index < -0.39 is 0 Å². The van der Waals surface area contributed by atoms with Crippen molar-refractivity contribution in [3.8, 4) is 6.07 Å². The second-order valence-electron chi connectivity index (χ2n) is 4.90. The van der Waals surface area contributed by atoms with Gasteiger partial charge < -0.3 is 10.6 Å². The fourth-order valence-electron chi connectivity index (χ4n) is 2.20. The molecule has 2 rings (SSSR count). The van der Waals surface area contributed by atoms with Gasteiger partial charge in [0.25, 0.3) is 0 Å². The third-order valence-electron chi connectivity index (χ3n) is 3.35. The van der Waals surface area contributed by atoms with Gasteiger partial charge in [-0.15, -0.1) is 0 Å². The highest BCUT2D eigenvalue weighted by molar-refractivity contribution is 7.99. The molecule has 1 aromatic rings. The molecule has 1 atom stereocenters. The Bertz CT molecular complexity index is 547. The quantitative estimate of drug-likeness (QED) is 0.664. The summed E-state index contributed by atoms with van der Waals surface area (Å²) in [7, 11) is 1.70. The zero-order valence-electron chi connectivity index (χ0n) is 12.0. The van der Waals surface area contributed by atoms with Gasteiger partial charge in [-0.05, 0) is 36.8 Å². The van der Waals surface area contributed by atoms with E-state index in [1.807, 2.05) is 17.8 Å². The standard InChI is InChI=1S/C15H19FN4S/c1-18-15(20-13-3-2-6-21-10-13)19-9-12-7-11(8-17)4-5-14(12)16/h4-5,7,13H,2-3,6,9-10H2,1H3,(H2,18,19,20). The Labute approximate surface area is 128 Å². The molecule has 0 amide bonds. The van der Waals surface area contributed by atoms with E-state index in [9.17, 15) is 4.39 Å². The highest BCUT2D eigenvalue weighted by atomic mass is 32.2. The van der Waals surface area contributed by atoms with Gasteiger partial charge in [-0.1, -0.05) is 0 Å². The van der Waals surface area contributed by atoms with Crippen LogP contribution in [-0.4, -0.2) is 30.6 Å². The fourth-order valence-corrected chi connectivity index (χ4v) is 3.27. The molecular weight excluding hydrogens is 287 g/mol. The van der Waals surface area contributed by atoms with E-state index in [4.69, 9.17) is 5.26 Å². The van der Waals surface area contributed by atoms with E-state index in [1.54, 1.807) is 13.1 Å². The minimum atomic E-state index is -0.315. The Kier molecular flexibility index (Phi) is 5.88. The highest BCUT2D eigenvalue weighted by Gasteiger charge is 2.15. The molecule has 0 saturated carbocycles. The molecule has 1 aliphatic rings. The van der Waals surface area contributed by atoms with Gasteiger partial charge in [-0.3, -0.25) is 4.99 Å². The predicted molar refractivity (Wildman–Crippen MR) is 84.8 cm³/mol. The number of nitriles is 1. The lowest BCUT2D eigenvalue weighted by molar-refractivity contribution is 0.576. The molecular formula is C15H19FN4S. The van der Waals surface area contributed by atoms with Gasteiger partial charge in [0.15, 0.2) is 5.96 Å². The van der Waals surface area contributed by atoms with E-state index in [-0.39, 0.29) is 5.82 Å². The Morgan fingerprint density at radius 2 is 2.43 bits per heavy atom. The summed E-state index contributed by atoms with van der Waals surface area (Å²) in [5.74, 6) is 2.64. The van der Waals surface area contributed by atoms with Crippen molar-refractivity contribution in [3.05, 3.63) is 35.1 Å². The summed E-state index contributed by atoms with van der Waals surface area (Å²) in [5, 5.41) is 15.3. The van der Waals surface area contributed by atoms with Crippen LogP contribution in [0.1, 0.15) is 24.0 Å². The smallest absolute Gasteiger partial charge is 0.191 e. The van der Waals surface area contributed by atoms with Crippen LogP contribution in [0.4, 0.5) is 4.39 Å². The molecule has 2 N–H and O–H groups in total. The molecule has 1 fully saturated rings. The summed E-state index contributed by atoms with van der Waals surface area (Å²) in [6.07, 6.45) is 2.34. The van der Waals surface area contributed by atoms with Crippen LogP contribution in [0, 0.1) is 17.1 Å². The summed E-state index contributed by atoms with van der Waals surface area (Å²) in [4.78, 5) is 4.17. The number of aliphatic imine (C=N–C) groups is 1. The molecule has 112 valence electrons. The molecule has 0 aromatic heterocycles. The number of halogens is 1. The fraction of sp³-hybridized carbons (Fsp3) is 0.467. The van der Waals surface area contributed by atoms with Crippen molar-refractivity contribution in [3.63, 3.8) is 0 Å². The van der Waals surface area contributed by atoms with Crippen LogP contribution in [0.3, 0.4) is 0 Å². The van der Waals surface area contributed by atoms with Crippen molar-refractivity contribution >= 4 is 17.7 Å². The summed E-state index contributed by atoms with van der Waals surface area (Å²) < 4.78 is 13.7. The van der Waals surface area contributed by atoms with E-state index >= 15 is 0 Å². The maximum atomic E-state index is 13.7. The predicted octanol–water partition coefficient (Wildman–Crippen LogP) is 2.26. The van der Waals surface area contributed by atoms with Gasteiger partial charge in [0, 0.05) is 31.0 Å². The van der Waals surface area contributed by atoms with Crippen LogP contribution < -0.4 is 10.6 Å². The lowest BCUT2D eigenvalue weighted by atomic mass is 10.1. The lowest BCUT2D eigenvalue weighted by Gasteiger charge is -2.24. The number of rotatable bonds is 3. The monoisotopic (exact) mass is 306 g/mol. The molecule has 1 aromatic carbocycles. The summed E-state index contributed by atoms with van der Waals surface area (Å²) in [5.41, 5.74) is 0.926. The third-order valence-corrected chi connectivity index (χ3v) is 4.56. The van der Waals surface area contributed by atoms with Gasteiger partial charge in [-0.2, -0.15) is 17.0 Å². The lowest BCUT2D eigenvalue weighted by Crippen LogP contribution is -2.45. The van der Waals surface area contributed by atoms with Crippen LogP contribution in [0.5, 0.6) is 0 Å². The number of benzene rings is 1. The number of nitrogens with zero attached hydrogens (tertiary/aromatic N) is 2. The highest BCUT2D eigenvalue weighted by Crippen LogP contribution is 2.16. The van der Waals surface area contributed by atoms with Gasteiger partial charge in [0.1, 0.15) is 5.82 Å². The molecule has 0 spiro atoms. The Hall–Kier alpha value is -1.74. The number of nitrogens with one attached hydrogen (secondary N) is 2. The van der Waals surface area contributed by atoms with E-state index in [1.165, 1.54) is 24.3 Å².